The van der Waals surface area contributed by atoms with E-state index < -0.39 is 15.9 Å². The van der Waals surface area contributed by atoms with Gasteiger partial charge in [-0.3, -0.25) is 4.79 Å². The largest absolute Gasteiger partial charge is 0.456 e. The van der Waals surface area contributed by atoms with E-state index in [1.54, 1.807) is 48.5 Å². The van der Waals surface area contributed by atoms with Crippen LogP contribution < -0.4 is 14.8 Å². The molecule has 1 aliphatic rings. The molecule has 4 rings (SSSR count). The van der Waals surface area contributed by atoms with Crippen LogP contribution in [0, 0.1) is 0 Å². The number of halogens is 1. The second-order valence-electron chi connectivity index (χ2n) is 6.69. The molecule has 0 fully saturated rings. The van der Waals surface area contributed by atoms with Crippen molar-refractivity contribution in [1.29, 1.82) is 0 Å². The zero-order valence-corrected chi connectivity index (χ0v) is 17.6. The number of fused-ring (bicyclic) bond motifs is 2. The molecule has 0 unspecified atom stereocenters. The lowest BCUT2D eigenvalue weighted by Gasteiger charge is -2.18. The third-order valence-electron chi connectivity index (χ3n) is 4.45. The monoisotopic (exact) mass is 444 g/mol. The van der Waals surface area contributed by atoms with Gasteiger partial charge in [0.25, 0.3) is 5.91 Å². The van der Waals surface area contributed by atoms with Crippen LogP contribution in [0.5, 0.6) is 23.0 Å². The molecule has 0 spiro atoms. The number of nitrogens with one attached hydrogen (secondary N) is 1. The minimum Gasteiger partial charge on any atom is -0.456 e. The topological polar surface area (TPSA) is 84.9 Å². The third kappa shape index (κ3) is 3.72. The van der Waals surface area contributed by atoms with Crippen molar-refractivity contribution in [2.75, 3.05) is 19.4 Å². The Kier molecular flexibility index (Phi) is 5.15. The molecule has 0 aromatic heterocycles. The number of benzene rings is 3. The first kappa shape index (κ1) is 20.2. The first-order chi connectivity index (χ1) is 14.3. The van der Waals surface area contributed by atoms with Crippen molar-refractivity contribution in [3.05, 3.63) is 71.2 Å². The molecule has 3 aromatic rings. The maximum Gasteiger partial charge on any atom is 0.259 e. The van der Waals surface area contributed by atoms with Gasteiger partial charge < -0.3 is 14.8 Å². The SMILES string of the molecule is CN(C)S(=O)(=O)c1cc2c(cc1Oc1ccc(Cl)cc1)Oc1ccccc1NC2=O. The second-order valence-corrected chi connectivity index (χ2v) is 9.25. The lowest BCUT2D eigenvalue weighted by molar-refractivity contribution is 0.102. The molecule has 1 N–H and O–H groups in total. The predicted octanol–water partition coefficient (Wildman–Crippen LogP) is 4.74. The molecule has 9 heteroatoms. The van der Waals surface area contributed by atoms with Gasteiger partial charge in [0, 0.05) is 25.2 Å². The van der Waals surface area contributed by atoms with Crippen LogP contribution in [-0.2, 0) is 10.0 Å². The van der Waals surface area contributed by atoms with Crippen molar-refractivity contribution in [1.82, 2.24) is 4.31 Å². The van der Waals surface area contributed by atoms with Gasteiger partial charge in [0.2, 0.25) is 10.0 Å². The van der Waals surface area contributed by atoms with Crippen molar-refractivity contribution in [3.63, 3.8) is 0 Å². The molecule has 0 aliphatic carbocycles. The van der Waals surface area contributed by atoms with Crippen molar-refractivity contribution in [3.8, 4) is 23.0 Å². The summed E-state index contributed by atoms with van der Waals surface area (Å²) in [5.74, 6) is 0.539. The molecule has 30 heavy (non-hydrogen) atoms. The van der Waals surface area contributed by atoms with Crippen LogP contribution in [0.2, 0.25) is 5.02 Å². The van der Waals surface area contributed by atoms with Crippen LogP contribution in [0.15, 0.2) is 65.6 Å². The van der Waals surface area contributed by atoms with Crippen LogP contribution in [-0.4, -0.2) is 32.7 Å². The summed E-state index contributed by atoms with van der Waals surface area (Å²) in [5.41, 5.74) is 0.561. The zero-order chi connectivity index (χ0) is 21.5. The second kappa shape index (κ2) is 7.64. The lowest BCUT2D eigenvalue weighted by atomic mass is 10.1. The van der Waals surface area contributed by atoms with E-state index in [4.69, 9.17) is 21.1 Å². The van der Waals surface area contributed by atoms with E-state index in [-0.39, 0.29) is 22.0 Å². The van der Waals surface area contributed by atoms with Crippen LogP contribution in [0.4, 0.5) is 5.69 Å². The normalized spacial score (nSPS) is 13.0. The van der Waals surface area contributed by atoms with Gasteiger partial charge >= 0.3 is 0 Å². The number of carbonyl (C=O) groups is 1. The number of anilines is 1. The number of hydrogen-bond donors (Lipinski definition) is 1. The van der Waals surface area contributed by atoms with Gasteiger partial charge in [0.15, 0.2) is 11.5 Å². The van der Waals surface area contributed by atoms with Gasteiger partial charge in [0.05, 0.1) is 11.3 Å². The summed E-state index contributed by atoms with van der Waals surface area (Å²) < 4.78 is 38.7. The molecule has 0 saturated carbocycles. The first-order valence-electron chi connectivity index (χ1n) is 8.88. The molecule has 0 bridgehead atoms. The van der Waals surface area contributed by atoms with Crippen LogP contribution in [0.25, 0.3) is 0 Å². The predicted molar refractivity (Wildman–Crippen MR) is 113 cm³/mol. The fraction of sp³-hybridized carbons (Fsp3) is 0.0952. The molecular weight excluding hydrogens is 428 g/mol. The minimum absolute atomic E-state index is 0.0250. The molecule has 0 saturated heterocycles. The van der Waals surface area contributed by atoms with Gasteiger partial charge in [-0.1, -0.05) is 23.7 Å². The maximum absolute atomic E-state index is 12.9. The fourth-order valence-electron chi connectivity index (χ4n) is 2.88. The van der Waals surface area contributed by atoms with Crippen LogP contribution in [0.1, 0.15) is 10.4 Å². The number of nitrogens with zero attached hydrogens (tertiary/aromatic N) is 1. The van der Waals surface area contributed by atoms with Crippen LogP contribution >= 0.6 is 11.6 Å². The highest BCUT2D eigenvalue weighted by atomic mass is 35.5. The van der Waals surface area contributed by atoms with Gasteiger partial charge in [-0.15, -0.1) is 0 Å². The number of ether oxygens (including phenoxy) is 2. The van der Waals surface area contributed by atoms with Gasteiger partial charge in [0.1, 0.15) is 16.4 Å². The Morgan fingerprint density at radius 1 is 1.00 bits per heavy atom. The first-order valence-corrected chi connectivity index (χ1v) is 10.7. The molecule has 0 atom stereocenters. The molecule has 154 valence electrons. The average Bonchev–Trinajstić information content (AvgIpc) is 2.84. The summed E-state index contributed by atoms with van der Waals surface area (Å²) in [7, 11) is -1.12. The molecule has 1 amide bonds. The van der Waals surface area contributed by atoms with Gasteiger partial charge in [-0.25, -0.2) is 12.7 Å². The Balaban J connectivity index is 1.89. The fourth-order valence-corrected chi connectivity index (χ4v) is 4.02. The highest BCUT2D eigenvalue weighted by molar-refractivity contribution is 7.89. The Labute approximate surface area is 178 Å². The van der Waals surface area contributed by atoms with Gasteiger partial charge in [-0.05, 0) is 42.5 Å². The number of sulfonamides is 1. The molecule has 1 heterocycles. The summed E-state index contributed by atoms with van der Waals surface area (Å²) in [6, 6.07) is 16.1. The van der Waals surface area contributed by atoms with Crippen molar-refractivity contribution in [2.45, 2.75) is 4.90 Å². The standard InChI is InChI=1S/C21H17ClN2O5S/c1-24(2)30(26,27)20-11-15-18(12-19(20)28-14-9-7-13(22)8-10-14)29-17-6-4-3-5-16(17)23-21(15)25/h3-12H,1-2H3,(H,23,25). The van der Waals surface area contributed by atoms with Gasteiger partial charge in [-0.2, -0.15) is 0 Å². The van der Waals surface area contributed by atoms with Crippen molar-refractivity contribution < 1.29 is 22.7 Å². The third-order valence-corrected chi connectivity index (χ3v) is 6.53. The van der Waals surface area contributed by atoms with E-state index >= 15 is 0 Å². The van der Waals surface area contributed by atoms with E-state index in [0.29, 0.717) is 22.2 Å². The lowest BCUT2D eigenvalue weighted by Crippen LogP contribution is -2.23. The number of amides is 1. The average molecular weight is 445 g/mol. The minimum atomic E-state index is -3.93. The summed E-state index contributed by atoms with van der Waals surface area (Å²) in [4.78, 5) is 12.6. The summed E-state index contributed by atoms with van der Waals surface area (Å²) in [5, 5.41) is 3.25. The van der Waals surface area contributed by atoms with E-state index in [1.165, 1.54) is 26.2 Å². The molecule has 1 aliphatic heterocycles. The molecule has 3 aromatic carbocycles. The number of carbonyl (C=O) groups excluding carboxylic acids is 1. The Morgan fingerprint density at radius 2 is 1.70 bits per heavy atom. The van der Waals surface area contributed by atoms with E-state index in [2.05, 4.69) is 5.32 Å². The van der Waals surface area contributed by atoms with Crippen molar-refractivity contribution >= 4 is 33.2 Å². The smallest absolute Gasteiger partial charge is 0.259 e. The maximum atomic E-state index is 12.9. The quantitative estimate of drug-likeness (QED) is 0.628. The van der Waals surface area contributed by atoms with E-state index in [9.17, 15) is 13.2 Å². The van der Waals surface area contributed by atoms with E-state index in [1.807, 2.05) is 0 Å². The summed E-state index contributed by atoms with van der Waals surface area (Å²) in [6.07, 6.45) is 0. The summed E-state index contributed by atoms with van der Waals surface area (Å²) >= 11 is 5.91. The molecular formula is C21H17ClN2O5S. The Hall–Kier alpha value is -3.07. The number of para-hydroxylation sites is 2. The van der Waals surface area contributed by atoms with E-state index in [0.717, 1.165) is 4.31 Å². The van der Waals surface area contributed by atoms with Crippen molar-refractivity contribution in [2.24, 2.45) is 0 Å². The highest BCUT2D eigenvalue weighted by Crippen LogP contribution is 2.41. The Bertz CT molecular complexity index is 1240. The highest BCUT2D eigenvalue weighted by Gasteiger charge is 2.29. The zero-order valence-electron chi connectivity index (χ0n) is 16.0. The Morgan fingerprint density at radius 3 is 2.40 bits per heavy atom. The molecule has 7 nitrogen and oxygen atoms in total. The van der Waals surface area contributed by atoms with Crippen LogP contribution in [0.3, 0.4) is 0 Å². The summed E-state index contributed by atoms with van der Waals surface area (Å²) in [6.45, 7) is 0. The molecule has 0 radical (unpaired) electrons. The number of hydrogen-bond acceptors (Lipinski definition) is 5. The number of rotatable bonds is 4.